The van der Waals surface area contributed by atoms with Crippen LogP contribution in [0.5, 0.6) is 5.75 Å². The van der Waals surface area contributed by atoms with Gasteiger partial charge >= 0.3 is 0 Å². The fraction of sp³-hybridized carbons (Fsp3) is 0.350. The first kappa shape index (κ1) is 15.6. The number of amides is 1. The number of fused-ring (bicyclic) bond motifs is 1. The van der Waals surface area contributed by atoms with Crippen molar-refractivity contribution >= 4 is 5.91 Å². The Morgan fingerprint density at radius 3 is 2.30 bits per heavy atom. The highest BCUT2D eigenvalue weighted by atomic mass is 16.3. The van der Waals surface area contributed by atoms with Gasteiger partial charge in [-0.05, 0) is 46.7 Å². The monoisotopic (exact) mass is 309 g/mol. The Labute approximate surface area is 137 Å². The lowest BCUT2D eigenvalue weighted by atomic mass is 9.92. The van der Waals surface area contributed by atoms with Crippen LogP contribution in [0.1, 0.15) is 59.3 Å². The topological polar surface area (TPSA) is 40.5 Å². The van der Waals surface area contributed by atoms with Gasteiger partial charge in [-0.3, -0.25) is 4.79 Å². The molecule has 0 fully saturated rings. The average Bonchev–Trinajstić information content (AvgIpc) is 2.97. The molecule has 23 heavy (non-hydrogen) atoms. The van der Waals surface area contributed by atoms with E-state index in [1.807, 2.05) is 18.2 Å². The molecule has 1 aliphatic rings. The molecule has 3 heteroatoms. The van der Waals surface area contributed by atoms with E-state index < -0.39 is 0 Å². The second-order valence-corrected chi connectivity index (χ2v) is 6.51. The molecule has 0 spiro atoms. The Morgan fingerprint density at radius 1 is 1.17 bits per heavy atom. The summed E-state index contributed by atoms with van der Waals surface area (Å²) in [6.07, 6.45) is 0.852. The number of nitrogens with zero attached hydrogens (tertiary/aromatic N) is 1. The van der Waals surface area contributed by atoms with Gasteiger partial charge in [-0.15, -0.1) is 0 Å². The van der Waals surface area contributed by atoms with Gasteiger partial charge < -0.3 is 10.0 Å². The normalized spacial score (nSPS) is 13.5. The number of aromatic hydroxyl groups is 1. The standard InChI is InChI=1S/C20H23NO2/c1-4-14-9-19(22)18(10-17(14)13(2)3)20(23)21-11-15-7-5-6-8-16(15)12-21/h5-10,13,22H,4,11-12H2,1-3H3. The minimum Gasteiger partial charge on any atom is -0.507 e. The van der Waals surface area contributed by atoms with Crippen molar-refractivity contribution in [2.24, 2.45) is 0 Å². The maximum atomic E-state index is 12.9. The molecule has 0 aliphatic carbocycles. The molecule has 0 aromatic heterocycles. The SMILES string of the molecule is CCc1cc(O)c(C(=O)N2Cc3ccccc3C2)cc1C(C)C. The third kappa shape index (κ3) is 2.83. The molecule has 0 atom stereocenters. The number of phenols is 1. The molecule has 3 nitrogen and oxygen atoms in total. The van der Waals surface area contributed by atoms with E-state index in [0.29, 0.717) is 24.6 Å². The summed E-state index contributed by atoms with van der Waals surface area (Å²) >= 11 is 0. The van der Waals surface area contributed by atoms with Crippen LogP contribution in [0.15, 0.2) is 36.4 Å². The van der Waals surface area contributed by atoms with Gasteiger partial charge in [-0.25, -0.2) is 0 Å². The van der Waals surface area contributed by atoms with Crippen molar-refractivity contribution in [1.82, 2.24) is 4.90 Å². The van der Waals surface area contributed by atoms with Gasteiger partial charge in [0.15, 0.2) is 0 Å². The number of aryl methyl sites for hydroxylation is 1. The van der Waals surface area contributed by atoms with E-state index in [1.54, 1.807) is 11.0 Å². The number of rotatable bonds is 3. The molecule has 120 valence electrons. The van der Waals surface area contributed by atoms with Gasteiger partial charge in [0.2, 0.25) is 0 Å². The third-order valence-corrected chi connectivity index (χ3v) is 4.62. The van der Waals surface area contributed by atoms with E-state index in [4.69, 9.17) is 0 Å². The Bertz CT molecular complexity index is 724. The minimum atomic E-state index is -0.0942. The fourth-order valence-corrected chi connectivity index (χ4v) is 3.31. The quantitative estimate of drug-likeness (QED) is 0.921. The van der Waals surface area contributed by atoms with Crippen molar-refractivity contribution < 1.29 is 9.90 Å². The molecule has 0 bridgehead atoms. The Morgan fingerprint density at radius 2 is 1.78 bits per heavy atom. The maximum Gasteiger partial charge on any atom is 0.258 e. The van der Waals surface area contributed by atoms with E-state index in [0.717, 1.165) is 17.5 Å². The van der Waals surface area contributed by atoms with Gasteiger partial charge in [-0.1, -0.05) is 45.0 Å². The van der Waals surface area contributed by atoms with Crippen molar-refractivity contribution in [3.8, 4) is 5.75 Å². The molecule has 1 N–H and O–H groups in total. The van der Waals surface area contributed by atoms with Crippen LogP contribution in [0, 0.1) is 0 Å². The highest BCUT2D eigenvalue weighted by Crippen LogP contribution is 2.31. The molecule has 2 aromatic carbocycles. The second-order valence-electron chi connectivity index (χ2n) is 6.51. The summed E-state index contributed by atoms with van der Waals surface area (Å²) in [5.41, 5.74) is 5.05. The van der Waals surface area contributed by atoms with Gasteiger partial charge in [0.05, 0.1) is 5.56 Å². The average molecular weight is 309 g/mol. The molecule has 1 aliphatic heterocycles. The molecule has 2 aromatic rings. The minimum absolute atomic E-state index is 0.0900. The lowest BCUT2D eigenvalue weighted by Gasteiger charge is -2.19. The van der Waals surface area contributed by atoms with E-state index in [9.17, 15) is 9.90 Å². The Balaban J connectivity index is 1.93. The van der Waals surface area contributed by atoms with E-state index in [2.05, 4.69) is 32.9 Å². The van der Waals surface area contributed by atoms with Gasteiger partial charge in [0.25, 0.3) is 5.91 Å². The third-order valence-electron chi connectivity index (χ3n) is 4.62. The molecule has 0 saturated heterocycles. The summed E-state index contributed by atoms with van der Waals surface area (Å²) in [5, 5.41) is 10.3. The molecule has 3 rings (SSSR count). The first-order valence-electron chi connectivity index (χ1n) is 8.23. The van der Waals surface area contributed by atoms with Crippen LogP contribution in [-0.2, 0) is 19.5 Å². The Kier molecular flexibility index (Phi) is 4.12. The number of carbonyl (C=O) groups is 1. The zero-order chi connectivity index (χ0) is 16.6. The molecule has 0 saturated carbocycles. The van der Waals surface area contributed by atoms with E-state index >= 15 is 0 Å². The van der Waals surface area contributed by atoms with Crippen LogP contribution in [0.2, 0.25) is 0 Å². The van der Waals surface area contributed by atoms with Crippen LogP contribution in [0.25, 0.3) is 0 Å². The molecular weight excluding hydrogens is 286 g/mol. The second kappa shape index (κ2) is 6.07. The van der Waals surface area contributed by atoms with Crippen molar-refractivity contribution in [2.45, 2.75) is 46.2 Å². The summed E-state index contributed by atoms with van der Waals surface area (Å²) in [6, 6.07) is 11.7. The zero-order valence-electron chi connectivity index (χ0n) is 14.0. The number of carbonyl (C=O) groups excluding carboxylic acids is 1. The van der Waals surface area contributed by atoms with Crippen molar-refractivity contribution in [3.63, 3.8) is 0 Å². The predicted octanol–water partition coefficient (Wildman–Crippen LogP) is 4.23. The zero-order valence-corrected chi connectivity index (χ0v) is 14.0. The van der Waals surface area contributed by atoms with Gasteiger partial charge in [0.1, 0.15) is 5.75 Å². The lowest BCUT2D eigenvalue weighted by molar-refractivity contribution is 0.0748. The molecule has 1 heterocycles. The van der Waals surface area contributed by atoms with Gasteiger partial charge in [0, 0.05) is 13.1 Å². The lowest BCUT2D eigenvalue weighted by Crippen LogP contribution is -2.25. The number of phenolic OH excluding ortho intramolecular Hbond substituents is 1. The summed E-state index contributed by atoms with van der Waals surface area (Å²) < 4.78 is 0. The molecule has 0 unspecified atom stereocenters. The number of benzene rings is 2. The highest BCUT2D eigenvalue weighted by molar-refractivity contribution is 5.97. The molecular formula is C20H23NO2. The number of hydrogen-bond acceptors (Lipinski definition) is 2. The van der Waals surface area contributed by atoms with Crippen LogP contribution >= 0.6 is 0 Å². The largest absolute Gasteiger partial charge is 0.507 e. The Hall–Kier alpha value is -2.29. The van der Waals surface area contributed by atoms with Crippen LogP contribution in [0.3, 0.4) is 0 Å². The van der Waals surface area contributed by atoms with E-state index in [-0.39, 0.29) is 11.7 Å². The molecule has 0 radical (unpaired) electrons. The van der Waals surface area contributed by atoms with Crippen molar-refractivity contribution in [2.75, 3.05) is 0 Å². The van der Waals surface area contributed by atoms with Gasteiger partial charge in [-0.2, -0.15) is 0 Å². The predicted molar refractivity (Wildman–Crippen MR) is 91.6 cm³/mol. The molecule has 1 amide bonds. The summed E-state index contributed by atoms with van der Waals surface area (Å²) in [5.74, 6) is 0.323. The van der Waals surface area contributed by atoms with Crippen molar-refractivity contribution in [1.29, 1.82) is 0 Å². The summed E-state index contributed by atoms with van der Waals surface area (Å²) in [4.78, 5) is 14.7. The fourth-order valence-electron chi connectivity index (χ4n) is 3.31. The van der Waals surface area contributed by atoms with Crippen molar-refractivity contribution in [3.05, 3.63) is 64.2 Å². The van der Waals surface area contributed by atoms with Crippen LogP contribution in [0.4, 0.5) is 0 Å². The highest BCUT2D eigenvalue weighted by Gasteiger charge is 2.26. The summed E-state index contributed by atoms with van der Waals surface area (Å²) in [6.45, 7) is 7.53. The smallest absolute Gasteiger partial charge is 0.258 e. The van der Waals surface area contributed by atoms with Crippen LogP contribution in [-0.4, -0.2) is 15.9 Å². The first-order valence-corrected chi connectivity index (χ1v) is 8.23. The first-order chi connectivity index (χ1) is 11.0. The number of hydrogen-bond donors (Lipinski definition) is 1. The maximum absolute atomic E-state index is 12.9. The van der Waals surface area contributed by atoms with Crippen LogP contribution < -0.4 is 0 Å². The van der Waals surface area contributed by atoms with E-state index in [1.165, 1.54) is 11.1 Å². The summed E-state index contributed by atoms with van der Waals surface area (Å²) in [7, 11) is 0.